The molecule has 1 fully saturated rings. The lowest BCUT2D eigenvalue weighted by Gasteiger charge is -2.38. The molecule has 0 unspecified atom stereocenters. The van der Waals surface area contributed by atoms with Crippen molar-refractivity contribution >= 4 is 11.8 Å². The largest absolute Gasteiger partial charge is 0.481 e. The quantitative estimate of drug-likeness (QED) is 0.605. The summed E-state index contributed by atoms with van der Waals surface area (Å²) in [6, 6.07) is 11.7. The first-order valence-electron chi connectivity index (χ1n) is 12.6. The highest BCUT2D eigenvalue weighted by Crippen LogP contribution is 2.38. The lowest BCUT2D eigenvalue weighted by molar-refractivity contribution is -0.134. The van der Waals surface area contributed by atoms with Crippen molar-refractivity contribution in [1.29, 1.82) is 0 Å². The van der Waals surface area contributed by atoms with Crippen LogP contribution in [0.2, 0.25) is 0 Å². The Morgan fingerprint density at radius 3 is 2.74 bits per heavy atom. The molecule has 0 radical (unpaired) electrons. The van der Waals surface area contributed by atoms with Crippen molar-refractivity contribution in [3.05, 3.63) is 65.0 Å². The average molecular weight is 483 g/mol. The number of ether oxygens (including phenoxy) is 2. The molecule has 0 bridgehead atoms. The summed E-state index contributed by atoms with van der Waals surface area (Å²) in [6.45, 7) is 7.54. The SMILES string of the molecule is CC(C)CC(=O)N1CCc2ccc(O[C@H](C)C(=O)NC[C@@H]3CCCO3)cc2[C@H]1c1cccc(F)c1. The van der Waals surface area contributed by atoms with Gasteiger partial charge in [-0.2, -0.15) is 0 Å². The molecule has 3 atom stereocenters. The van der Waals surface area contributed by atoms with Crippen LogP contribution < -0.4 is 10.1 Å². The number of amides is 2. The maximum absolute atomic E-state index is 14.2. The minimum atomic E-state index is -0.690. The van der Waals surface area contributed by atoms with Gasteiger partial charge >= 0.3 is 0 Å². The van der Waals surface area contributed by atoms with Gasteiger partial charge in [0.2, 0.25) is 5.91 Å². The van der Waals surface area contributed by atoms with E-state index < -0.39 is 12.1 Å². The number of nitrogens with one attached hydrogen (secondary N) is 1. The molecule has 2 aliphatic heterocycles. The van der Waals surface area contributed by atoms with Crippen molar-refractivity contribution in [3.63, 3.8) is 0 Å². The zero-order chi connectivity index (χ0) is 24.9. The number of carbonyl (C=O) groups excluding carboxylic acids is 2. The second-order valence-electron chi connectivity index (χ2n) is 9.89. The summed E-state index contributed by atoms with van der Waals surface area (Å²) in [5, 5.41) is 2.90. The monoisotopic (exact) mass is 482 g/mol. The summed E-state index contributed by atoms with van der Waals surface area (Å²) in [7, 11) is 0. The average Bonchev–Trinajstić information content (AvgIpc) is 3.35. The Morgan fingerprint density at radius 2 is 2.03 bits per heavy atom. The molecule has 6 nitrogen and oxygen atoms in total. The molecule has 0 aliphatic carbocycles. The maximum atomic E-state index is 14.2. The van der Waals surface area contributed by atoms with E-state index in [4.69, 9.17) is 9.47 Å². The van der Waals surface area contributed by atoms with Crippen LogP contribution in [-0.2, 0) is 20.7 Å². The molecule has 0 spiro atoms. The Labute approximate surface area is 206 Å². The zero-order valence-electron chi connectivity index (χ0n) is 20.8. The van der Waals surface area contributed by atoms with Crippen molar-refractivity contribution in [2.24, 2.45) is 5.92 Å². The molecule has 2 aliphatic rings. The van der Waals surface area contributed by atoms with Gasteiger partial charge in [-0.1, -0.05) is 32.0 Å². The van der Waals surface area contributed by atoms with E-state index in [1.54, 1.807) is 13.0 Å². The molecular weight excluding hydrogens is 447 g/mol. The fourth-order valence-electron chi connectivity index (χ4n) is 4.86. The van der Waals surface area contributed by atoms with E-state index >= 15 is 0 Å². The number of nitrogens with zero attached hydrogens (tertiary/aromatic N) is 1. The van der Waals surface area contributed by atoms with Crippen LogP contribution >= 0.6 is 0 Å². The van der Waals surface area contributed by atoms with Gasteiger partial charge in [0.1, 0.15) is 11.6 Å². The molecule has 2 amide bonds. The zero-order valence-corrected chi connectivity index (χ0v) is 20.8. The van der Waals surface area contributed by atoms with E-state index in [2.05, 4.69) is 5.32 Å². The molecular formula is C28H35FN2O4. The molecule has 7 heteroatoms. The van der Waals surface area contributed by atoms with Crippen LogP contribution in [0, 0.1) is 11.7 Å². The van der Waals surface area contributed by atoms with Crippen molar-refractivity contribution in [2.45, 2.75) is 64.7 Å². The van der Waals surface area contributed by atoms with E-state index in [0.29, 0.717) is 31.7 Å². The van der Waals surface area contributed by atoms with Crippen LogP contribution in [0.1, 0.15) is 62.8 Å². The lowest BCUT2D eigenvalue weighted by Crippen LogP contribution is -2.41. The number of carbonyl (C=O) groups is 2. The second-order valence-corrected chi connectivity index (χ2v) is 9.89. The van der Waals surface area contributed by atoms with Crippen molar-refractivity contribution in [2.75, 3.05) is 19.7 Å². The van der Waals surface area contributed by atoms with Crippen molar-refractivity contribution in [1.82, 2.24) is 10.2 Å². The molecule has 4 rings (SSSR count). The molecule has 0 saturated carbocycles. The maximum Gasteiger partial charge on any atom is 0.260 e. The molecule has 2 heterocycles. The topological polar surface area (TPSA) is 67.9 Å². The fourth-order valence-corrected chi connectivity index (χ4v) is 4.86. The summed E-state index contributed by atoms with van der Waals surface area (Å²) in [6.07, 6.45) is 2.49. The number of rotatable bonds is 8. The Bertz CT molecular complexity index is 1050. The van der Waals surface area contributed by atoms with Gasteiger partial charge in [-0.3, -0.25) is 9.59 Å². The fraction of sp³-hybridized carbons (Fsp3) is 0.500. The standard InChI is InChI=1S/C28H35FN2O4/c1-18(2)14-26(32)31-12-11-20-9-10-23(16-25(20)27(31)21-6-4-7-22(29)15-21)35-19(3)28(33)30-17-24-8-5-13-34-24/h4,6-7,9-10,15-16,18-19,24,27H,5,8,11-14,17H2,1-3H3,(H,30,33)/t19-,24+,27-/m1/s1. The molecule has 0 aromatic heterocycles. The van der Waals surface area contributed by atoms with Crippen molar-refractivity contribution < 1.29 is 23.5 Å². The number of hydrogen-bond acceptors (Lipinski definition) is 4. The summed E-state index contributed by atoms with van der Waals surface area (Å²) in [5.74, 6) is 0.278. The Kier molecular flexibility index (Phi) is 8.06. The predicted molar refractivity (Wildman–Crippen MR) is 132 cm³/mol. The summed E-state index contributed by atoms with van der Waals surface area (Å²) < 4.78 is 25.7. The van der Waals surface area contributed by atoms with Crippen molar-refractivity contribution in [3.8, 4) is 5.75 Å². The highest BCUT2D eigenvalue weighted by Gasteiger charge is 2.33. The molecule has 35 heavy (non-hydrogen) atoms. The number of benzene rings is 2. The smallest absolute Gasteiger partial charge is 0.260 e. The predicted octanol–water partition coefficient (Wildman–Crippen LogP) is 4.41. The van der Waals surface area contributed by atoms with Gasteiger partial charge in [-0.05, 0) is 73.1 Å². The van der Waals surface area contributed by atoms with E-state index in [-0.39, 0.29) is 29.7 Å². The Morgan fingerprint density at radius 1 is 1.20 bits per heavy atom. The lowest BCUT2D eigenvalue weighted by atomic mass is 9.87. The van der Waals surface area contributed by atoms with Gasteiger partial charge < -0.3 is 19.7 Å². The van der Waals surface area contributed by atoms with Crippen LogP contribution in [0.4, 0.5) is 4.39 Å². The number of hydrogen-bond donors (Lipinski definition) is 1. The van der Waals surface area contributed by atoms with Gasteiger partial charge in [0.25, 0.3) is 5.91 Å². The van der Waals surface area contributed by atoms with E-state index in [1.165, 1.54) is 12.1 Å². The van der Waals surface area contributed by atoms with E-state index in [1.807, 2.05) is 43.0 Å². The van der Waals surface area contributed by atoms with E-state index in [9.17, 15) is 14.0 Å². The van der Waals surface area contributed by atoms with Crippen LogP contribution in [0.5, 0.6) is 5.75 Å². The summed E-state index contributed by atoms with van der Waals surface area (Å²) in [5.41, 5.74) is 2.72. The van der Waals surface area contributed by atoms with Gasteiger partial charge in [-0.25, -0.2) is 4.39 Å². The third kappa shape index (κ3) is 6.20. The molecule has 188 valence electrons. The van der Waals surface area contributed by atoms with Crippen LogP contribution in [-0.4, -0.2) is 48.6 Å². The third-order valence-electron chi connectivity index (χ3n) is 6.62. The minimum Gasteiger partial charge on any atom is -0.481 e. The van der Waals surface area contributed by atoms with Gasteiger partial charge in [0.05, 0.1) is 12.1 Å². The van der Waals surface area contributed by atoms with Gasteiger partial charge in [0, 0.05) is 26.1 Å². The first-order chi connectivity index (χ1) is 16.8. The molecule has 1 N–H and O–H groups in total. The number of halogens is 1. The highest BCUT2D eigenvalue weighted by atomic mass is 19.1. The number of fused-ring (bicyclic) bond motifs is 1. The second kappa shape index (κ2) is 11.2. The first kappa shape index (κ1) is 25.2. The highest BCUT2D eigenvalue weighted by molar-refractivity contribution is 5.80. The summed E-state index contributed by atoms with van der Waals surface area (Å²) in [4.78, 5) is 27.6. The van der Waals surface area contributed by atoms with Crippen LogP contribution in [0.25, 0.3) is 0 Å². The summed E-state index contributed by atoms with van der Waals surface area (Å²) >= 11 is 0. The van der Waals surface area contributed by atoms with Crippen LogP contribution in [0.3, 0.4) is 0 Å². The minimum absolute atomic E-state index is 0.0492. The van der Waals surface area contributed by atoms with Gasteiger partial charge in [0.15, 0.2) is 6.10 Å². The molecule has 1 saturated heterocycles. The Hall–Kier alpha value is -2.93. The Balaban J connectivity index is 1.56. The third-order valence-corrected chi connectivity index (χ3v) is 6.62. The van der Waals surface area contributed by atoms with E-state index in [0.717, 1.165) is 36.1 Å². The molecule has 2 aromatic carbocycles. The van der Waals surface area contributed by atoms with Gasteiger partial charge in [-0.15, -0.1) is 0 Å². The first-order valence-corrected chi connectivity index (χ1v) is 12.6. The molecule has 2 aromatic rings. The van der Waals surface area contributed by atoms with Crippen LogP contribution in [0.15, 0.2) is 42.5 Å². The normalized spacial score (nSPS) is 20.4.